The second-order valence-corrected chi connectivity index (χ2v) is 5.72. The van der Waals surface area contributed by atoms with Crippen LogP contribution in [-0.4, -0.2) is 18.3 Å². The molecule has 4 nitrogen and oxygen atoms in total. The largest absolute Gasteiger partial charge is 0.573 e. The van der Waals surface area contributed by atoms with Crippen LogP contribution in [0.5, 0.6) is 5.75 Å². The van der Waals surface area contributed by atoms with Gasteiger partial charge in [0.05, 0.1) is 6.04 Å². The third-order valence-corrected chi connectivity index (χ3v) is 2.87. The highest BCUT2D eigenvalue weighted by Crippen LogP contribution is 2.26. The predicted molar refractivity (Wildman–Crippen MR) is 72.4 cm³/mol. The van der Waals surface area contributed by atoms with E-state index >= 15 is 0 Å². The first-order valence-corrected chi connectivity index (χ1v) is 6.37. The highest BCUT2D eigenvalue weighted by molar-refractivity contribution is 5.82. The van der Waals surface area contributed by atoms with Crippen molar-refractivity contribution in [1.82, 2.24) is 5.32 Å². The Morgan fingerprint density at radius 2 is 1.86 bits per heavy atom. The fourth-order valence-electron chi connectivity index (χ4n) is 1.56. The van der Waals surface area contributed by atoms with Crippen LogP contribution >= 0.6 is 0 Å². The molecule has 1 amide bonds. The molecule has 3 N–H and O–H groups in total. The minimum Gasteiger partial charge on any atom is -0.405 e. The quantitative estimate of drug-likeness (QED) is 0.898. The number of ether oxygens (including phenoxy) is 1. The molecule has 118 valence electrons. The van der Waals surface area contributed by atoms with Crippen LogP contribution in [0.2, 0.25) is 0 Å². The number of para-hydroxylation sites is 1. The fourth-order valence-corrected chi connectivity index (χ4v) is 1.56. The Hall–Kier alpha value is -1.76. The van der Waals surface area contributed by atoms with Gasteiger partial charge in [0.2, 0.25) is 5.91 Å². The predicted octanol–water partition coefficient (Wildman–Crippen LogP) is 2.57. The Morgan fingerprint density at radius 3 is 2.38 bits per heavy atom. The maximum absolute atomic E-state index is 12.3. The summed E-state index contributed by atoms with van der Waals surface area (Å²) in [5, 5.41) is 2.52. The number of carbonyl (C=O) groups excluding carboxylic acids is 1. The summed E-state index contributed by atoms with van der Waals surface area (Å²) < 4.78 is 40.7. The summed E-state index contributed by atoms with van der Waals surface area (Å²) in [6.45, 7) is 5.32. The normalized spacial score (nSPS) is 13.7. The average Bonchev–Trinajstić information content (AvgIpc) is 2.33. The van der Waals surface area contributed by atoms with Gasteiger partial charge in [0.1, 0.15) is 5.75 Å². The molecule has 7 heteroatoms. The number of hydrogen-bond acceptors (Lipinski definition) is 3. The van der Waals surface area contributed by atoms with Gasteiger partial charge < -0.3 is 15.8 Å². The molecule has 0 aromatic heterocycles. The van der Waals surface area contributed by atoms with Crippen LogP contribution in [0.15, 0.2) is 24.3 Å². The molecule has 0 fully saturated rings. The molecular formula is C14H19F3N2O2. The molecule has 1 aromatic rings. The van der Waals surface area contributed by atoms with E-state index in [0.29, 0.717) is 0 Å². The SMILES string of the molecule is CC(C)(C)[C@@H](N)C(=O)NCc1ccccc1OC(F)(F)F. The third kappa shape index (κ3) is 5.63. The lowest BCUT2D eigenvalue weighted by atomic mass is 9.87. The lowest BCUT2D eigenvalue weighted by molar-refractivity contribution is -0.274. The highest BCUT2D eigenvalue weighted by Gasteiger charge is 2.32. The van der Waals surface area contributed by atoms with Gasteiger partial charge in [-0.3, -0.25) is 4.79 Å². The van der Waals surface area contributed by atoms with Crippen LogP contribution < -0.4 is 15.8 Å². The zero-order chi connectivity index (χ0) is 16.3. The van der Waals surface area contributed by atoms with Crippen molar-refractivity contribution in [2.24, 2.45) is 11.1 Å². The van der Waals surface area contributed by atoms with Gasteiger partial charge in [-0.2, -0.15) is 0 Å². The third-order valence-electron chi connectivity index (χ3n) is 2.87. The first kappa shape index (κ1) is 17.3. The van der Waals surface area contributed by atoms with Gasteiger partial charge in [0, 0.05) is 12.1 Å². The molecular weight excluding hydrogens is 285 g/mol. The maximum atomic E-state index is 12.3. The molecule has 0 saturated carbocycles. The van der Waals surface area contributed by atoms with E-state index in [-0.39, 0.29) is 17.9 Å². The highest BCUT2D eigenvalue weighted by atomic mass is 19.4. The smallest absolute Gasteiger partial charge is 0.405 e. The summed E-state index contributed by atoms with van der Waals surface area (Å²) >= 11 is 0. The standard InChI is InChI=1S/C14H19F3N2O2/c1-13(2,3)11(18)12(20)19-8-9-6-4-5-7-10(9)21-14(15,16)17/h4-7,11H,8,18H2,1-3H3,(H,19,20)/t11-/m0/s1. The molecule has 0 aliphatic carbocycles. The number of benzene rings is 1. The minimum atomic E-state index is -4.78. The van der Waals surface area contributed by atoms with Crippen molar-refractivity contribution in [2.45, 2.75) is 39.7 Å². The lowest BCUT2D eigenvalue weighted by Crippen LogP contribution is -2.48. The number of nitrogens with one attached hydrogen (secondary N) is 1. The van der Waals surface area contributed by atoms with Gasteiger partial charge in [0.25, 0.3) is 0 Å². The molecule has 0 aliphatic rings. The maximum Gasteiger partial charge on any atom is 0.573 e. The van der Waals surface area contributed by atoms with Crippen molar-refractivity contribution in [2.75, 3.05) is 0 Å². The number of hydrogen-bond donors (Lipinski definition) is 2. The summed E-state index contributed by atoms with van der Waals surface area (Å²) in [6.07, 6.45) is -4.78. The fraction of sp³-hybridized carbons (Fsp3) is 0.500. The van der Waals surface area contributed by atoms with Crippen molar-refractivity contribution in [3.05, 3.63) is 29.8 Å². The van der Waals surface area contributed by atoms with E-state index in [4.69, 9.17) is 5.73 Å². The van der Waals surface area contributed by atoms with Crippen molar-refractivity contribution in [1.29, 1.82) is 0 Å². The van der Waals surface area contributed by atoms with E-state index in [0.717, 1.165) is 0 Å². The van der Waals surface area contributed by atoms with Crippen LogP contribution in [0.25, 0.3) is 0 Å². The Balaban J connectivity index is 2.74. The van der Waals surface area contributed by atoms with Gasteiger partial charge in [-0.1, -0.05) is 39.0 Å². The van der Waals surface area contributed by atoms with E-state index in [1.54, 1.807) is 26.8 Å². The number of amides is 1. The molecule has 0 heterocycles. The summed E-state index contributed by atoms with van der Waals surface area (Å²) in [5.74, 6) is -0.765. The summed E-state index contributed by atoms with van der Waals surface area (Å²) in [6, 6.07) is 4.87. The Bertz CT molecular complexity index is 496. The minimum absolute atomic E-state index is 0.0884. The van der Waals surface area contributed by atoms with Gasteiger partial charge in [-0.05, 0) is 11.5 Å². The molecule has 0 saturated heterocycles. The lowest BCUT2D eigenvalue weighted by Gasteiger charge is -2.26. The van der Waals surface area contributed by atoms with Crippen molar-refractivity contribution < 1.29 is 22.7 Å². The summed E-state index contributed by atoms with van der Waals surface area (Å²) in [5.41, 5.74) is 5.56. The second kappa shape index (κ2) is 6.34. The van der Waals surface area contributed by atoms with Crippen LogP contribution in [-0.2, 0) is 11.3 Å². The van der Waals surface area contributed by atoms with Crippen molar-refractivity contribution >= 4 is 5.91 Å². The molecule has 0 radical (unpaired) electrons. The van der Waals surface area contributed by atoms with Crippen molar-refractivity contribution in [3.63, 3.8) is 0 Å². The molecule has 0 bridgehead atoms. The zero-order valence-electron chi connectivity index (χ0n) is 12.1. The van der Waals surface area contributed by atoms with E-state index in [9.17, 15) is 18.0 Å². The zero-order valence-corrected chi connectivity index (χ0v) is 12.1. The first-order valence-electron chi connectivity index (χ1n) is 6.37. The molecule has 1 rings (SSSR count). The second-order valence-electron chi connectivity index (χ2n) is 5.72. The van der Waals surface area contributed by atoms with Crippen LogP contribution in [0, 0.1) is 5.41 Å². The number of halogens is 3. The van der Waals surface area contributed by atoms with Crippen molar-refractivity contribution in [3.8, 4) is 5.75 Å². The Kier molecular flexibility index (Phi) is 5.22. The van der Waals surface area contributed by atoms with E-state index in [1.807, 2.05) is 0 Å². The van der Waals surface area contributed by atoms with Crippen LogP contribution in [0.1, 0.15) is 26.3 Å². The van der Waals surface area contributed by atoms with Gasteiger partial charge >= 0.3 is 6.36 Å². The topological polar surface area (TPSA) is 64.4 Å². The van der Waals surface area contributed by atoms with E-state index in [2.05, 4.69) is 10.1 Å². The molecule has 0 spiro atoms. The molecule has 0 unspecified atom stereocenters. The van der Waals surface area contributed by atoms with Crippen LogP contribution in [0.3, 0.4) is 0 Å². The van der Waals surface area contributed by atoms with Gasteiger partial charge in [-0.15, -0.1) is 13.2 Å². The average molecular weight is 304 g/mol. The Morgan fingerprint density at radius 1 is 1.29 bits per heavy atom. The van der Waals surface area contributed by atoms with E-state index < -0.39 is 23.7 Å². The molecule has 21 heavy (non-hydrogen) atoms. The molecule has 1 atom stereocenters. The van der Waals surface area contributed by atoms with E-state index in [1.165, 1.54) is 18.2 Å². The Labute approximate surface area is 121 Å². The number of carbonyl (C=O) groups is 1. The van der Waals surface area contributed by atoms with Gasteiger partial charge in [-0.25, -0.2) is 0 Å². The number of rotatable bonds is 4. The van der Waals surface area contributed by atoms with Gasteiger partial charge in [0.15, 0.2) is 0 Å². The van der Waals surface area contributed by atoms with Crippen LogP contribution in [0.4, 0.5) is 13.2 Å². The molecule has 0 aliphatic heterocycles. The summed E-state index contributed by atoms with van der Waals surface area (Å²) in [4.78, 5) is 11.9. The first-order chi connectivity index (χ1) is 9.50. The summed E-state index contributed by atoms with van der Waals surface area (Å²) in [7, 11) is 0. The number of nitrogens with two attached hydrogens (primary N) is 1. The molecule has 1 aromatic carbocycles. The monoisotopic (exact) mass is 304 g/mol. The number of alkyl halides is 3.